The second-order valence-corrected chi connectivity index (χ2v) is 3.28. The number of nitrogens with zero attached hydrogens (tertiary/aromatic N) is 1. The Balaban J connectivity index is 2.67. The molecule has 1 aromatic heterocycles. The van der Waals surface area contributed by atoms with E-state index < -0.39 is 0 Å². The molecule has 2 nitrogen and oxygen atoms in total. The lowest BCUT2D eigenvalue weighted by molar-refractivity contribution is 1.12. The van der Waals surface area contributed by atoms with Gasteiger partial charge in [-0.3, -0.25) is 5.10 Å². The Kier molecular flexibility index (Phi) is 1.75. The Morgan fingerprint density at radius 2 is 2.36 bits per heavy atom. The van der Waals surface area contributed by atoms with E-state index in [0.717, 1.165) is 15.8 Å². The molecule has 56 valence electrons. The summed E-state index contributed by atoms with van der Waals surface area (Å²) in [4.78, 5) is 1.03. The van der Waals surface area contributed by atoms with E-state index >= 15 is 0 Å². The summed E-state index contributed by atoms with van der Waals surface area (Å²) in [6.45, 7) is 0. The van der Waals surface area contributed by atoms with Crippen LogP contribution >= 0.6 is 21.7 Å². The van der Waals surface area contributed by atoms with Gasteiger partial charge in [-0.1, -0.05) is 6.07 Å². The molecule has 11 heavy (non-hydrogen) atoms. The third-order valence-corrected chi connectivity index (χ3v) is 2.47. The van der Waals surface area contributed by atoms with Crippen molar-refractivity contribution in [1.29, 1.82) is 0 Å². The van der Waals surface area contributed by atoms with Crippen LogP contribution in [0.4, 0.5) is 0 Å². The van der Waals surface area contributed by atoms with Crippen molar-refractivity contribution in [1.82, 2.24) is 10.2 Å². The number of benzene rings is 1. The summed E-state index contributed by atoms with van der Waals surface area (Å²) in [5, 5.41) is 7.88. The van der Waals surface area contributed by atoms with E-state index in [4.69, 9.17) is 10.7 Å². The van der Waals surface area contributed by atoms with Gasteiger partial charge in [-0.05, 0) is 33.8 Å². The highest BCUT2D eigenvalue weighted by atomic mass is 35.7. The quantitative estimate of drug-likeness (QED) is 0.739. The molecular weight excluding hydrogens is 180 g/mol. The maximum absolute atomic E-state index is 5.58. The molecule has 0 saturated carbocycles. The topological polar surface area (TPSA) is 28.7 Å². The van der Waals surface area contributed by atoms with Gasteiger partial charge in [-0.2, -0.15) is 5.10 Å². The number of rotatable bonds is 1. The van der Waals surface area contributed by atoms with Gasteiger partial charge in [0.25, 0.3) is 0 Å². The fourth-order valence-electron chi connectivity index (χ4n) is 0.964. The molecule has 0 saturated heterocycles. The minimum Gasteiger partial charge on any atom is -0.278 e. The van der Waals surface area contributed by atoms with Gasteiger partial charge in [-0.25, -0.2) is 0 Å². The van der Waals surface area contributed by atoms with Gasteiger partial charge in [-0.15, -0.1) is 0 Å². The Bertz CT molecular complexity index is 371. The number of hydrogen-bond acceptors (Lipinski definition) is 2. The summed E-state index contributed by atoms with van der Waals surface area (Å²) in [6, 6.07) is 5.93. The summed E-state index contributed by atoms with van der Waals surface area (Å²) in [5.41, 5.74) is 1.02. The zero-order chi connectivity index (χ0) is 7.68. The Morgan fingerprint density at radius 1 is 1.45 bits per heavy atom. The van der Waals surface area contributed by atoms with E-state index in [9.17, 15) is 0 Å². The summed E-state index contributed by atoms with van der Waals surface area (Å²) in [7, 11) is 6.79. The van der Waals surface area contributed by atoms with E-state index in [0.29, 0.717) is 0 Å². The highest BCUT2D eigenvalue weighted by Gasteiger charge is 1.96. The number of nitrogens with one attached hydrogen (secondary N) is 1. The summed E-state index contributed by atoms with van der Waals surface area (Å²) < 4.78 is 0. The van der Waals surface area contributed by atoms with Gasteiger partial charge in [0, 0.05) is 10.3 Å². The first-order valence-electron chi connectivity index (χ1n) is 3.12. The monoisotopic (exact) mass is 184 g/mol. The largest absolute Gasteiger partial charge is 0.278 e. The van der Waals surface area contributed by atoms with Crippen LogP contribution in [0.25, 0.3) is 10.9 Å². The summed E-state index contributed by atoms with van der Waals surface area (Å²) >= 11 is 0. The van der Waals surface area contributed by atoms with Crippen molar-refractivity contribution < 1.29 is 0 Å². The molecule has 0 amide bonds. The molecule has 1 heterocycles. The van der Waals surface area contributed by atoms with Crippen molar-refractivity contribution in [2.24, 2.45) is 0 Å². The maximum Gasteiger partial charge on any atom is 0.0661 e. The van der Waals surface area contributed by atoms with Crippen molar-refractivity contribution >= 4 is 32.6 Å². The standard InChI is InChI=1S/C7H5ClN2S/c8-11-6-2-1-5-4-9-10-7(5)3-6/h1-4H,(H,9,10). The molecule has 1 N–H and O–H groups in total. The van der Waals surface area contributed by atoms with Crippen LogP contribution in [0.2, 0.25) is 0 Å². The summed E-state index contributed by atoms with van der Waals surface area (Å²) in [5.74, 6) is 0. The molecular formula is C7H5ClN2S. The van der Waals surface area contributed by atoms with E-state index in [1.54, 1.807) is 6.20 Å². The van der Waals surface area contributed by atoms with E-state index in [2.05, 4.69) is 10.2 Å². The Morgan fingerprint density at radius 3 is 3.18 bits per heavy atom. The third-order valence-electron chi connectivity index (χ3n) is 1.50. The molecule has 0 fully saturated rings. The molecule has 0 spiro atoms. The predicted octanol–water partition coefficient (Wildman–Crippen LogP) is 2.81. The molecule has 0 aliphatic heterocycles. The number of halogens is 1. The van der Waals surface area contributed by atoms with Crippen LogP contribution in [0.15, 0.2) is 29.3 Å². The summed E-state index contributed by atoms with van der Waals surface area (Å²) in [6.07, 6.45) is 1.79. The molecule has 2 rings (SSSR count). The number of H-pyrrole nitrogens is 1. The highest BCUT2D eigenvalue weighted by Crippen LogP contribution is 2.24. The molecule has 0 aliphatic carbocycles. The lowest BCUT2D eigenvalue weighted by atomic mass is 10.3. The minimum atomic E-state index is 1.02. The molecule has 0 unspecified atom stereocenters. The number of hydrogen-bond donors (Lipinski definition) is 1. The van der Waals surface area contributed by atoms with Crippen molar-refractivity contribution in [3.63, 3.8) is 0 Å². The maximum atomic E-state index is 5.58. The molecule has 0 aliphatic rings. The lowest BCUT2D eigenvalue weighted by Gasteiger charge is -1.91. The average molecular weight is 185 g/mol. The van der Waals surface area contributed by atoms with Crippen molar-refractivity contribution in [3.8, 4) is 0 Å². The predicted molar refractivity (Wildman–Crippen MR) is 47.8 cm³/mol. The smallest absolute Gasteiger partial charge is 0.0661 e. The van der Waals surface area contributed by atoms with Crippen LogP contribution in [0.5, 0.6) is 0 Å². The first-order chi connectivity index (χ1) is 5.40. The zero-order valence-electron chi connectivity index (χ0n) is 5.54. The van der Waals surface area contributed by atoms with Gasteiger partial charge in [0.15, 0.2) is 0 Å². The van der Waals surface area contributed by atoms with Crippen LogP contribution in [0, 0.1) is 0 Å². The van der Waals surface area contributed by atoms with E-state index in [-0.39, 0.29) is 0 Å². The van der Waals surface area contributed by atoms with Crippen LogP contribution in [-0.4, -0.2) is 10.2 Å². The lowest BCUT2D eigenvalue weighted by Crippen LogP contribution is -1.69. The van der Waals surface area contributed by atoms with Crippen LogP contribution in [0.3, 0.4) is 0 Å². The zero-order valence-corrected chi connectivity index (χ0v) is 7.12. The van der Waals surface area contributed by atoms with Crippen LogP contribution < -0.4 is 0 Å². The fourth-order valence-corrected chi connectivity index (χ4v) is 1.53. The molecule has 0 bridgehead atoms. The van der Waals surface area contributed by atoms with Gasteiger partial charge < -0.3 is 0 Å². The SMILES string of the molecule is ClSc1ccc2cn[nH]c2c1. The number of aromatic nitrogens is 2. The Hall–Kier alpha value is -0.670. The second-order valence-electron chi connectivity index (χ2n) is 2.20. The molecule has 4 heteroatoms. The number of aromatic amines is 1. The second kappa shape index (κ2) is 2.75. The molecule has 0 atom stereocenters. The first kappa shape index (κ1) is 7.00. The van der Waals surface area contributed by atoms with Gasteiger partial charge >= 0.3 is 0 Å². The van der Waals surface area contributed by atoms with Crippen LogP contribution in [0.1, 0.15) is 0 Å². The van der Waals surface area contributed by atoms with Gasteiger partial charge in [0.05, 0.1) is 11.7 Å². The Labute approximate surface area is 72.4 Å². The molecule has 0 radical (unpaired) electrons. The molecule has 2 aromatic rings. The van der Waals surface area contributed by atoms with Crippen molar-refractivity contribution in [3.05, 3.63) is 24.4 Å². The average Bonchev–Trinajstić information content (AvgIpc) is 2.50. The fraction of sp³-hybridized carbons (Fsp3) is 0. The van der Waals surface area contributed by atoms with E-state index in [1.807, 2.05) is 18.2 Å². The molecule has 1 aromatic carbocycles. The van der Waals surface area contributed by atoms with Gasteiger partial charge in [0.2, 0.25) is 0 Å². The minimum absolute atomic E-state index is 1.02. The van der Waals surface area contributed by atoms with Crippen LogP contribution in [-0.2, 0) is 0 Å². The van der Waals surface area contributed by atoms with Gasteiger partial charge in [0.1, 0.15) is 0 Å². The van der Waals surface area contributed by atoms with E-state index in [1.165, 1.54) is 11.0 Å². The normalized spacial score (nSPS) is 10.6. The first-order valence-corrected chi connectivity index (χ1v) is 4.76. The van der Waals surface area contributed by atoms with Crippen molar-refractivity contribution in [2.45, 2.75) is 4.90 Å². The number of fused-ring (bicyclic) bond motifs is 1. The van der Waals surface area contributed by atoms with Crippen molar-refractivity contribution in [2.75, 3.05) is 0 Å². The highest BCUT2D eigenvalue weighted by molar-refractivity contribution is 8.21. The third kappa shape index (κ3) is 1.21.